The van der Waals surface area contributed by atoms with Crippen LogP contribution < -0.4 is 0 Å². The standard InChI is InChI=1S/C24H35N5O2/c1-4-5-9-15-28(24(31)22-19-25-13-14-26-22)16-12-23(30)29(18-17-27(2)3)20-21-10-7-6-8-11-21/h6-8,10-11,13-14,19H,4-5,9,12,15-18,20H2,1-3H3. The molecule has 1 heterocycles. The van der Waals surface area contributed by atoms with Crippen molar-refractivity contribution in [2.45, 2.75) is 39.2 Å². The van der Waals surface area contributed by atoms with Gasteiger partial charge in [-0.25, -0.2) is 4.98 Å². The van der Waals surface area contributed by atoms with Crippen LogP contribution in [0.1, 0.15) is 48.7 Å². The molecule has 0 N–H and O–H groups in total. The summed E-state index contributed by atoms with van der Waals surface area (Å²) >= 11 is 0. The summed E-state index contributed by atoms with van der Waals surface area (Å²) in [5.74, 6) is -0.113. The summed E-state index contributed by atoms with van der Waals surface area (Å²) in [7, 11) is 4.00. The normalized spacial score (nSPS) is 10.8. The van der Waals surface area contributed by atoms with Crippen LogP contribution in [0.3, 0.4) is 0 Å². The molecular weight excluding hydrogens is 390 g/mol. The summed E-state index contributed by atoms with van der Waals surface area (Å²) < 4.78 is 0. The first-order valence-electron chi connectivity index (χ1n) is 11.0. The first kappa shape index (κ1) is 24.5. The van der Waals surface area contributed by atoms with Gasteiger partial charge in [0.1, 0.15) is 5.69 Å². The average molecular weight is 426 g/mol. The molecule has 0 bridgehead atoms. The predicted octanol–water partition coefficient (Wildman–Crippen LogP) is 3.09. The molecule has 0 saturated carbocycles. The number of hydrogen-bond acceptors (Lipinski definition) is 5. The van der Waals surface area contributed by atoms with Crippen molar-refractivity contribution in [1.29, 1.82) is 0 Å². The molecule has 0 unspecified atom stereocenters. The van der Waals surface area contributed by atoms with Crippen molar-refractivity contribution in [2.75, 3.05) is 40.3 Å². The number of carbonyl (C=O) groups is 2. The fraction of sp³-hybridized carbons (Fsp3) is 0.500. The van der Waals surface area contributed by atoms with E-state index in [1.165, 1.54) is 12.4 Å². The molecule has 1 aromatic carbocycles. The molecule has 0 fully saturated rings. The van der Waals surface area contributed by atoms with E-state index < -0.39 is 0 Å². The van der Waals surface area contributed by atoms with E-state index in [1.54, 1.807) is 11.1 Å². The Morgan fingerprint density at radius 1 is 0.903 bits per heavy atom. The fourth-order valence-electron chi connectivity index (χ4n) is 3.24. The lowest BCUT2D eigenvalue weighted by Gasteiger charge is -2.27. The first-order valence-corrected chi connectivity index (χ1v) is 11.0. The zero-order valence-electron chi connectivity index (χ0n) is 19.0. The smallest absolute Gasteiger partial charge is 0.274 e. The van der Waals surface area contributed by atoms with Crippen LogP contribution >= 0.6 is 0 Å². The third-order valence-corrected chi connectivity index (χ3v) is 5.08. The maximum absolute atomic E-state index is 13.1. The number of carbonyl (C=O) groups excluding carboxylic acids is 2. The highest BCUT2D eigenvalue weighted by Crippen LogP contribution is 2.09. The summed E-state index contributed by atoms with van der Waals surface area (Å²) in [6.45, 7) is 5.14. The maximum Gasteiger partial charge on any atom is 0.274 e. The van der Waals surface area contributed by atoms with Gasteiger partial charge in [-0.3, -0.25) is 14.6 Å². The predicted molar refractivity (Wildman–Crippen MR) is 122 cm³/mol. The largest absolute Gasteiger partial charge is 0.337 e. The van der Waals surface area contributed by atoms with Gasteiger partial charge in [-0.2, -0.15) is 0 Å². The van der Waals surface area contributed by atoms with Crippen molar-refractivity contribution in [2.24, 2.45) is 0 Å². The second-order valence-corrected chi connectivity index (χ2v) is 7.94. The Hall–Kier alpha value is -2.80. The van der Waals surface area contributed by atoms with E-state index in [2.05, 4.69) is 21.8 Å². The highest BCUT2D eigenvalue weighted by Gasteiger charge is 2.20. The summed E-state index contributed by atoms with van der Waals surface area (Å²) in [6.07, 6.45) is 7.86. The van der Waals surface area contributed by atoms with Crippen molar-refractivity contribution >= 4 is 11.8 Å². The van der Waals surface area contributed by atoms with Gasteiger partial charge < -0.3 is 14.7 Å². The molecule has 7 nitrogen and oxygen atoms in total. The topological polar surface area (TPSA) is 69.6 Å². The molecule has 2 rings (SSSR count). The van der Waals surface area contributed by atoms with E-state index in [4.69, 9.17) is 0 Å². The Balaban J connectivity index is 2.04. The van der Waals surface area contributed by atoms with Crippen LogP contribution in [-0.4, -0.2) is 76.8 Å². The molecule has 0 aliphatic carbocycles. The van der Waals surface area contributed by atoms with Gasteiger partial charge in [0.05, 0.1) is 6.20 Å². The van der Waals surface area contributed by atoms with E-state index in [9.17, 15) is 9.59 Å². The SMILES string of the molecule is CCCCCN(CCC(=O)N(CCN(C)C)Cc1ccccc1)C(=O)c1cnccn1. The molecule has 2 amide bonds. The molecule has 7 heteroatoms. The van der Waals surface area contributed by atoms with Crippen molar-refractivity contribution in [3.05, 3.63) is 60.2 Å². The van der Waals surface area contributed by atoms with E-state index in [1.807, 2.05) is 49.3 Å². The fourth-order valence-corrected chi connectivity index (χ4v) is 3.24. The minimum absolute atomic E-state index is 0.0538. The first-order chi connectivity index (χ1) is 15.0. The van der Waals surface area contributed by atoms with Crippen LogP contribution in [0.15, 0.2) is 48.9 Å². The Labute approximate surface area is 186 Å². The highest BCUT2D eigenvalue weighted by molar-refractivity contribution is 5.92. The van der Waals surface area contributed by atoms with Gasteiger partial charge in [-0.15, -0.1) is 0 Å². The van der Waals surface area contributed by atoms with Gasteiger partial charge >= 0.3 is 0 Å². The van der Waals surface area contributed by atoms with Crippen molar-refractivity contribution in [1.82, 2.24) is 24.7 Å². The molecule has 0 aliphatic heterocycles. The number of hydrogen-bond donors (Lipinski definition) is 0. The Morgan fingerprint density at radius 2 is 1.68 bits per heavy atom. The molecular formula is C24H35N5O2. The van der Waals surface area contributed by atoms with Crippen molar-refractivity contribution in [3.63, 3.8) is 0 Å². The van der Waals surface area contributed by atoms with Gasteiger partial charge in [-0.1, -0.05) is 50.1 Å². The molecule has 0 spiro atoms. The van der Waals surface area contributed by atoms with Crippen LogP contribution in [-0.2, 0) is 11.3 Å². The number of aromatic nitrogens is 2. The van der Waals surface area contributed by atoms with Crippen LogP contribution in [0, 0.1) is 0 Å². The lowest BCUT2D eigenvalue weighted by Crippen LogP contribution is -2.40. The van der Waals surface area contributed by atoms with Gasteiger partial charge in [-0.05, 0) is 26.1 Å². The summed E-state index contributed by atoms with van der Waals surface area (Å²) in [6, 6.07) is 10.0. The van der Waals surface area contributed by atoms with Crippen LogP contribution in [0.5, 0.6) is 0 Å². The third-order valence-electron chi connectivity index (χ3n) is 5.08. The van der Waals surface area contributed by atoms with Crippen LogP contribution in [0.25, 0.3) is 0 Å². The number of likely N-dealkylation sites (N-methyl/N-ethyl adjacent to an activating group) is 1. The molecule has 0 aliphatic rings. The minimum atomic E-state index is -0.167. The maximum atomic E-state index is 13.1. The van der Waals surface area contributed by atoms with E-state index in [0.29, 0.717) is 38.3 Å². The van der Waals surface area contributed by atoms with Crippen molar-refractivity contribution in [3.8, 4) is 0 Å². The molecule has 31 heavy (non-hydrogen) atoms. The summed E-state index contributed by atoms with van der Waals surface area (Å²) in [5.41, 5.74) is 1.42. The van der Waals surface area contributed by atoms with Crippen LogP contribution in [0.4, 0.5) is 0 Å². The molecule has 2 aromatic rings. The van der Waals surface area contributed by atoms with Gasteiger partial charge in [0.15, 0.2) is 0 Å². The summed E-state index contributed by atoms with van der Waals surface area (Å²) in [4.78, 5) is 39.9. The zero-order valence-corrected chi connectivity index (χ0v) is 19.0. The van der Waals surface area contributed by atoms with Crippen molar-refractivity contribution < 1.29 is 9.59 Å². The average Bonchev–Trinajstić information content (AvgIpc) is 2.79. The third kappa shape index (κ3) is 8.84. The Morgan fingerprint density at radius 3 is 2.32 bits per heavy atom. The quantitative estimate of drug-likeness (QED) is 0.461. The molecule has 0 radical (unpaired) electrons. The Kier molecular flexibility index (Phi) is 10.6. The lowest BCUT2D eigenvalue weighted by molar-refractivity contribution is -0.132. The Bertz CT molecular complexity index is 783. The van der Waals surface area contributed by atoms with Gasteiger partial charge in [0, 0.05) is 51.5 Å². The second-order valence-electron chi connectivity index (χ2n) is 7.94. The molecule has 1 aromatic heterocycles. The second kappa shape index (κ2) is 13.5. The number of amides is 2. The van der Waals surface area contributed by atoms with E-state index >= 15 is 0 Å². The minimum Gasteiger partial charge on any atom is -0.337 e. The van der Waals surface area contributed by atoms with Crippen LogP contribution in [0.2, 0.25) is 0 Å². The molecule has 168 valence electrons. The van der Waals surface area contributed by atoms with E-state index in [0.717, 1.165) is 31.4 Å². The monoisotopic (exact) mass is 425 g/mol. The number of rotatable bonds is 13. The molecule has 0 saturated heterocycles. The zero-order chi connectivity index (χ0) is 22.5. The van der Waals surface area contributed by atoms with E-state index in [-0.39, 0.29) is 11.8 Å². The van der Waals surface area contributed by atoms with Gasteiger partial charge in [0.25, 0.3) is 5.91 Å². The number of unbranched alkanes of at least 4 members (excludes halogenated alkanes) is 2. The number of benzene rings is 1. The number of nitrogens with zero attached hydrogens (tertiary/aromatic N) is 5. The summed E-state index contributed by atoms with van der Waals surface area (Å²) in [5, 5.41) is 0. The lowest BCUT2D eigenvalue weighted by atomic mass is 10.2. The molecule has 0 atom stereocenters. The highest BCUT2D eigenvalue weighted by atomic mass is 16.2. The van der Waals surface area contributed by atoms with Gasteiger partial charge in [0.2, 0.25) is 5.91 Å².